The molecule has 0 spiro atoms. The zero-order chi connectivity index (χ0) is 14.4. The van der Waals surface area contributed by atoms with Gasteiger partial charge in [-0.2, -0.15) is 0 Å². The van der Waals surface area contributed by atoms with Crippen LogP contribution in [0.25, 0.3) is 0 Å². The molecule has 0 aliphatic rings. The summed E-state index contributed by atoms with van der Waals surface area (Å²) in [5.74, 6) is 0.548. The van der Waals surface area contributed by atoms with E-state index < -0.39 is 0 Å². The number of aryl methyl sites for hydroxylation is 1. The van der Waals surface area contributed by atoms with Gasteiger partial charge in [-0.15, -0.1) is 11.6 Å². The second-order valence-electron chi connectivity index (χ2n) is 5.11. The molecule has 0 N–H and O–H groups in total. The molecule has 2 rings (SSSR count). The maximum absolute atomic E-state index is 6.14. The van der Waals surface area contributed by atoms with Gasteiger partial charge in [0.15, 0.2) is 0 Å². The van der Waals surface area contributed by atoms with Crippen molar-refractivity contribution in [2.45, 2.75) is 32.6 Å². The molecule has 2 heteroatoms. The summed E-state index contributed by atoms with van der Waals surface area (Å²) < 4.78 is 0. The van der Waals surface area contributed by atoms with Crippen LogP contribution in [0.2, 0.25) is 0 Å². The molecule has 0 aliphatic carbocycles. The fourth-order valence-electron chi connectivity index (χ4n) is 2.40. The Morgan fingerprint density at radius 1 is 1.05 bits per heavy atom. The van der Waals surface area contributed by atoms with Crippen molar-refractivity contribution >= 4 is 23.0 Å². The molecule has 0 fully saturated rings. The summed E-state index contributed by atoms with van der Waals surface area (Å²) >= 11 is 6.14. The number of unbranched alkanes of at least 4 members (excludes halogenated alkanes) is 1. The highest BCUT2D eigenvalue weighted by Gasteiger charge is 2.12. The first-order valence-electron chi connectivity index (χ1n) is 7.24. The first-order valence-corrected chi connectivity index (χ1v) is 7.77. The van der Waals surface area contributed by atoms with Crippen molar-refractivity contribution in [3.8, 4) is 0 Å². The highest BCUT2D eigenvalue weighted by atomic mass is 35.5. The second-order valence-corrected chi connectivity index (χ2v) is 5.37. The van der Waals surface area contributed by atoms with E-state index in [-0.39, 0.29) is 0 Å². The topological polar surface area (TPSA) is 3.24 Å². The summed E-state index contributed by atoms with van der Waals surface area (Å²) in [4.78, 5) is 2.38. The molecule has 0 heterocycles. The summed E-state index contributed by atoms with van der Waals surface area (Å²) in [5, 5.41) is 0. The molecule has 0 saturated heterocycles. The van der Waals surface area contributed by atoms with Crippen LogP contribution in [0.4, 0.5) is 11.4 Å². The molecule has 106 valence electrons. The van der Waals surface area contributed by atoms with Crippen LogP contribution in [0.1, 0.15) is 30.9 Å². The summed E-state index contributed by atoms with van der Waals surface area (Å²) in [6, 6.07) is 17.1. The van der Waals surface area contributed by atoms with Gasteiger partial charge in [0.1, 0.15) is 0 Å². The molecule has 2 aromatic rings. The van der Waals surface area contributed by atoms with Crippen molar-refractivity contribution in [2.75, 3.05) is 11.4 Å². The predicted molar refractivity (Wildman–Crippen MR) is 89.1 cm³/mol. The van der Waals surface area contributed by atoms with E-state index in [0.717, 1.165) is 6.54 Å². The smallest absolute Gasteiger partial charge is 0.0494 e. The van der Waals surface area contributed by atoms with E-state index in [1.54, 1.807) is 0 Å². The molecule has 0 unspecified atom stereocenters. The van der Waals surface area contributed by atoms with E-state index in [9.17, 15) is 0 Å². The fraction of sp³-hybridized carbons (Fsp3) is 0.333. The molecule has 20 heavy (non-hydrogen) atoms. The van der Waals surface area contributed by atoms with Gasteiger partial charge in [0.25, 0.3) is 0 Å². The Bertz CT molecular complexity index is 536. The van der Waals surface area contributed by atoms with Gasteiger partial charge in [0, 0.05) is 23.8 Å². The lowest BCUT2D eigenvalue weighted by atomic mass is 10.1. The Hall–Kier alpha value is -1.47. The Balaban J connectivity index is 2.41. The Morgan fingerprint density at radius 2 is 1.80 bits per heavy atom. The van der Waals surface area contributed by atoms with Crippen LogP contribution in [-0.2, 0) is 5.88 Å². The van der Waals surface area contributed by atoms with E-state index in [0.29, 0.717) is 5.88 Å². The Morgan fingerprint density at radius 3 is 2.45 bits per heavy atom. The van der Waals surface area contributed by atoms with E-state index in [1.807, 2.05) is 0 Å². The highest BCUT2D eigenvalue weighted by Crippen LogP contribution is 2.30. The number of para-hydroxylation sites is 1. The lowest BCUT2D eigenvalue weighted by Crippen LogP contribution is -2.19. The van der Waals surface area contributed by atoms with Crippen LogP contribution in [0.15, 0.2) is 48.5 Å². The number of benzene rings is 2. The van der Waals surface area contributed by atoms with Crippen molar-refractivity contribution in [3.63, 3.8) is 0 Å². The zero-order valence-corrected chi connectivity index (χ0v) is 13.0. The molecule has 0 bridgehead atoms. The molecular formula is C18H22ClN. The van der Waals surface area contributed by atoms with Crippen molar-refractivity contribution in [1.82, 2.24) is 0 Å². The average Bonchev–Trinajstić information content (AvgIpc) is 2.49. The molecular weight excluding hydrogens is 266 g/mol. The first kappa shape index (κ1) is 14.9. The van der Waals surface area contributed by atoms with E-state index in [4.69, 9.17) is 11.6 Å². The van der Waals surface area contributed by atoms with E-state index in [2.05, 4.69) is 67.3 Å². The Labute approximate surface area is 127 Å². The second kappa shape index (κ2) is 7.35. The van der Waals surface area contributed by atoms with Crippen molar-refractivity contribution in [1.29, 1.82) is 0 Å². The molecule has 0 saturated carbocycles. The third kappa shape index (κ3) is 3.55. The third-order valence-electron chi connectivity index (χ3n) is 3.47. The standard InChI is InChI=1S/C18H22ClN/c1-3-4-12-20(17-8-6-5-7-9-17)18-11-10-15(2)13-16(18)14-19/h5-11,13H,3-4,12,14H2,1-2H3. The first-order chi connectivity index (χ1) is 9.76. The summed E-state index contributed by atoms with van der Waals surface area (Å²) in [5.41, 5.74) is 4.92. The van der Waals surface area contributed by atoms with Crippen LogP contribution in [0.5, 0.6) is 0 Å². The van der Waals surface area contributed by atoms with Crippen LogP contribution < -0.4 is 4.90 Å². The quantitative estimate of drug-likeness (QED) is 0.619. The van der Waals surface area contributed by atoms with Crippen molar-refractivity contribution in [3.05, 3.63) is 59.7 Å². The Kier molecular flexibility index (Phi) is 5.49. The summed E-state index contributed by atoms with van der Waals surface area (Å²) in [6.07, 6.45) is 2.36. The van der Waals surface area contributed by atoms with Gasteiger partial charge in [-0.3, -0.25) is 0 Å². The molecule has 1 nitrogen and oxygen atoms in total. The minimum atomic E-state index is 0.548. The fourth-order valence-corrected chi connectivity index (χ4v) is 2.61. The van der Waals surface area contributed by atoms with Gasteiger partial charge in [0.05, 0.1) is 0 Å². The maximum atomic E-state index is 6.14. The SMILES string of the molecule is CCCCN(c1ccccc1)c1ccc(C)cc1CCl. The molecule has 0 atom stereocenters. The molecule has 2 aromatic carbocycles. The summed E-state index contributed by atoms with van der Waals surface area (Å²) in [6.45, 7) is 5.35. The van der Waals surface area contributed by atoms with Crippen LogP contribution in [0, 0.1) is 6.92 Å². The van der Waals surface area contributed by atoms with Gasteiger partial charge >= 0.3 is 0 Å². The molecule has 0 aliphatic heterocycles. The number of hydrogen-bond donors (Lipinski definition) is 0. The molecule has 0 aromatic heterocycles. The van der Waals surface area contributed by atoms with E-state index >= 15 is 0 Å². The summed E-state index contributed by atoms with van der Waals surface area (Å²) in [7, 11) is 0. The van der Waals surface area contributed by atoms with Crippen LogP contribution in [0.3, 0.4) is 0 Å². The normalized spacial score (nSPS) is 10.6. The van der Waals surface area contributed by atoms with Crippen molar-refractivity contribution < 1.29 is 0 Å². The maximum Gasteiger partial charge on any atom is 0.0494 e. The van der Waals surface area contributed by atoms with Gasteiger partial charge in [0.2, 0.25) is 0 Å². The van der Waals surface area contributed by atoms with Crippen LogP contribution in [-0.4, -0.2) is 6.54 Å². The number of halogens is 1. The van der Waals surface area contributed by atoms with Gasteiger partial charge < -0.3 is 4.90 Å². The van der Waals surface area contributed by atoms with Crippen molar-refractivity contribution in [2.24, 2.45) is 0 Å². The highest BCUT2D eigenvalue weighted by molar-refractivity contribution is 6.17. The van der Waals surface area contributed by atoms with Crippen LogP contribution >= 0.6 is 11.6 Å². The molecule has 0 amide bonds. The number of hydrogen-bond acceptors (Lipinski definition) is 1. The number of nitrogens with zero attached hydrogens (tertiary/aromatic N) is 1. The number of rotatable bonds is 6. The average molecular weight is 288 g/mol. The monoisotopic (exact) mass is 287 g/mol. The van der Waals surface area contributed by atoms with Gasteiger partial charge in [-0.1, -0.05) is 49.2 Å². The third-order valence-corrected chi connectivity index (χ3v) is 3.76. The lowest BCUT2D eigenvalue weighted by Gasteiger charge is -2.27. The van der Waals surface area contributed by atoms with Gasteiger partial charge in [-0.05, 0) is 37.1 Å². The minimum Gasteiger partial charge on any atom is -0.341 e. The lowest BCUT2D eigenvalue weighted by molar-refractivity contribution is 0.784. The molecule has 0 radical (unpaired) electrons. The minimum absolute atomic E-state index is 0.548. The number of alkyl halides is 1. The van der Waals surface area contributed by atoms with Gasteiger partial charge in [-0.25, -0.2) is 0 Å². The van der Waals surface area contributed by atoms with E-state index in [1.165, 1.54) is 35.3 Å². The number of anilines is 2. The zero-order valence-electron chi connectivity index (χ0n) is 12.3. The predicted octanol–water partition coefficient (Wildman–Crippen LogP) is 5.67. The largest absolute Gasteiger partial charge is 0.341 e.